The molecule has 0 saturated carbocycles. The minimum atomic E-state index is -0.217. The molecule has 158 valence electrons. The molecule has 0 unspecified atom stereocenters. The molecule has 1 amide bonds. The lowest BCUT2D eigenvalue weighted by Crippen LogP contribution is -2.22. The molecule has 1 aliphatic rings. The number of hydrogen-bond acceptors (Lipinski definition) is 5. The van der Waals surface area contributed by atoms with Crippen LogP contribution in [-0.2, 0) is 0 Å². The average molecular weight is 431 g/mol. The molecule has 0 bridgehead atoms. The second kappa shape index (κ2) is 9.27. The number of nitrogens with zero attached hydrogens (tertiary/aromatic N) is 2. The molecule has 3 aromatic carbocycles. The minimum absolute atomic E-state index is 0.217. The van der Waals surface area contributed by atoms with E-state index in [1.54, 1.807) is 11.8 Å². The average Bonchev–Trinajstić information content (AvgIpc) is 2.81. The van der Waals surface area contributed by atoms with E-state index in [1.165, 1.54) is 9.79 Å². The molecule has 31 heavy (non-hydrogen) atoms. The zero-order valence-electron chi connectivity index (χ0n) is 18.0. The highest BCUT2D eigenvalue weighted by atomic mass is 32.2. The lowest BCUT2D eigenvalue weighted by atomic mass is 10.1. The van der Waals surface area contributed by atoms with Crippen LogP contribution in [0.4, 0.5) is 17.1 Å². The Morgan fingerprint density at radius 1 is 0.935 bits per heavy atom. The number of amides is 1. The van der Waals surface area contributed by atoms with Gasteiger partial charge < -0.3 is 10.2 Å². The zero-order valence-corrected chi connectivity index (χ0v) is 18.8. The highest BCUT2D eigenvalue weighted by Crippen LogP contribution is 2.44. The van der Waals surface area contributed by atoms with Crippen LogP contribution in [0.5, 0.6) is 0 Å². The molecule has 0 radical (unpaired) electrons. The largest absolute Gasteiger partial charge is 0.372 e. The highest BCUT2D eigenvalue weighted by molar-refractivity contribution is 7.99. The number of benzene rings is 3. The van der Waals surface area contributed by atoms with Crippen LogP contribution in [0.2, 0.25) is 0 Å². The third kappa shape index (κ3) is 4.59. The van der Waals surface area contributed by atoms with E-state index in [4.69, 9.17) is 0 Å². The molecule has 1 aliphatic heterocycles. The normalized spacial score (nSPS) is 12.4. The monoisotopic (exact) mass is 430 g/mol. The Kier molecular flexibility index (Phi) is 6.28. The number of carbonyl (C=O) groups excluding carboxylic acids is 1. The van der Waals surface area contributed by atoms with E-state index in [9.17, 15) is 4.79 Å². The van der Waals surface area contributed by atoms with Crippen LogP contribution in [-0.4, -0.2) is 24.7 Å². The minimum Gasteiger partial charge on any atom is -0.372 e. The molecular weight excluding hydrogens is 404 g/mol. The predicted molar refractivity (Wildman–Crippen MR) is 130 cm³/mol. The summed E-state index contributed by atoms with van der Waals surface area (Å²) in [6.45, 7) is 8.01. The molecule has 0 fully saturated rings. The Hall–Kier alpha value is -3.25. The van der Waals surface area contributed by atoms with Crippen LogP contribution in [0.25, 0.3) is 0 Å². The first-order chi connectivity index (χ1) is 15.1. The molecule has 4 rings (SSSR count). The van der Waals surface area contributed by atoms with Crippen molar-refractivity contribution in [2.45, 2.75) is 30.6 Å². The number of nitrogens with one attached hydrogen (secondary N) is 2. The van der Waals surface area contributed by atoms with Crippen LogP contribution >= 0.6 is 11.8 Å². The molecule has 2 N–H and O–H groups in total. The van der Waals surface area contributed by atoms with Crippen LogP contribution in [0, 0.1) is 0 Å². The maximum atomic E-state index is 12.5. The van der Waals surface area contributed by atoms with Crippen molar-refractivity contribution in [1.29, 1.82) is 0 Å². The van der Waals surface area contributed by atoms with E-state index in [0.29, 0.717) is 5.56 Å². The van der Waals surface area contributed by atoms with Gasteiger partial charge in [-0.1, -0.05) is 30.0 Å². The van der Waals surface area contributed by atoms with Crippen LogP contribution in [0.1, 0.15) is 36.7 Å². The molecular formula is C25H26N4OS. The van der Waals surface area contributed by atoms with E-state index in [1.807, 2.05) is 49.4 Å². The van der Waals surface area contributed by atoms with E-state index in [0.717, 1.165) is 41.4 Å². The molecule has 0 aromatic heterocycles. The van der Waals surface area contributed by atoms with Crippen LogP contribution < -0.4 is 15.6 Å². The first-order valence-electron chi connectivity index (χ1n) is 10.5. The molecule has 0 saturated heterocycles. The van der Waals surface area contributed by atoms with Crippen molar-refractivity contribution >= 4 is 40.4 Å². The van der Waals surface area contributed by atoms with Crippen LogP contribution in [0.15, 0.2) is 81.6 Å². The Balaban J connectivity index is 1.45. The van der Waals surface area contributed by atoms with Gasteiger partial charge in [0.1, 0.15) is 0 Å². The Morgan fingerprint density at radius 3 is 2.35 bits per heavy atom. The van der Waals surface area contributed by atoms with Crippen molar-refractivity contribution in [3.05, 3.63) is 77.9 Å². The number of anilines is 3. The van der Waals surface area contributed by atoms with Gasteiger partial charge in [-0.15, -0.1) is 0 Å². The third-order valence-electron chi connectivity index (χ3n) is 5.36. The summed E-state index contributed by atoms with van der Waals surface area (Å²) < 4.78 is 0. The lowest BCUT2D eigenvalue weighted by Gasteiger charge is -2.21. The summed E-state index contributed by atoms with van der Waals surface area (Å²) in [6.07, 6.45) is 0. The maximum Gasteiger partial charge on any atom is 0.271 e. The first-order valence-corrected chi connectivity index (χ1v) is 11.3. The summed E-state index contributed by atoms with van der Waals surface area (Å²) in [5, 5.41) is 7.81. The van der Waals surface area contributed by atoms with Gasteiger partial charge in [0.2, 0.25) is 0 Å². The van der Waals surface area contributed by atoms with Gasteiger partial charge in [-0.05, 0) is 74.9 Å². The predicted octanol–water partition coefficient (Wildman–Crippen LogP) is 5.90. The topological polar surface area (TPSA) is 56.7 Å². The van der Waals surface area contributed by atoms with Gasteiger partial charge in [-0.3, -0.25) is 4.79 Å². The molecule has 0 aliphatic carbocycles. The Bertz CT molecular complexity index is 1120. The van der Waals surface area contributed by atoms with Crippen molar-refractivity contribution in [3.8, 4) is 0 Å². The van der Waals surface area contributed by atoms with E-state index < -0.39 is 0 Å². The van der Waals surface area contributed by atoms with E-state index in [-0.39, 0.29) is 5.91 Å². The number of fused-ring (bicyclic) bond motifs is 2. The maximum absolute atomic E-state index is 12.5. The fourth-order valence-corrected chi connectivity index (χ4v) is 4.51. The highest BCUT2D eigenvalue weighted by Gasteiger charge is 2.16. The third-order valence-corrected chi connectivity index (χ3v) is 6.51. The number of para-hydroxylation sites is 1. The summed E-state index contributed by atoms with van der Waals surface area (Å²) in [5.41, 5.74) is 8.25. The van der Waals surface area contributed by atoms with Gasteiger partial charge >= 0.3 is 0 Å². The van der Waals surface area contributed by atoms with Crippen molar-refractivity contribution in [2.24, 2.45) is 5.10 Å². The molecule has 0 spiro atoms. The van der Waals surface area contributed by atoms with Crippen molar-refractivity contribution in [3.63, 3.8) is 0 Å². The second-order valence-electron chi connectivity index (χ2n) is 7.29. The smallest absolute Gasteiger partial charge is 0.271 e. The molecule has 1 heterocycles. The van der Waals surface area contributed by atoms with Gasteiger partial charge in [0.15, 0.2) is 0 Å². The van der Waals surface area contributed by atoms with Gasteiger partial charge in [-0.25, -0.2) is 5.43 Å². The van der Waals surface area contributed by atoms with Crippen molar-refractivity contribution in [1.82, 2.24) is 5.43 Å². The zero-order chi connectivity index (χ0) is 21.8. The molecule has 5 nitrogen and oxygen atoms in total. The lowest BCUT2D eigenvalue weighted by molar-refractivity contribution is 0.0955. The summed E-state index contributed by atoms with van der Waals surface area (Å²) >= 11 is 1.75. The molecule has 6 heteroatoms. The standard InChI is InChI=1S/C25H26N4OS/c1-4-29(5-2)20-13-10-18(11-14-20)25(30)28-27-17(3)19-12-15-24-22(16-19)26-21-8-6-7-9-23(21)31-24/h6-16,26H,4-5H2,1-3H3,(H,28,30). The first kappa shape index (κ1) is 21.0. The van der Waals surface area contributed by atoms with Crippen molar-refractivity contribution in [2.75, 3.05) is 23.3 Å². The van der Waals surface area contributed by atoms with Crippen LogP contribution in [0.3, 0.4) is 0 Å². The van der Waals surface area contributed by atoms with E-state index in [2.05, 4.69) is 58.9 Å². The Labute approximate surface area is 187 Å². The van der Waals surface area contributed by atoms with Crippen molar-refractivity contribution < 1.29 is 4.79 Å². The molecule has 3 aromatic rings. The number of rotatable bonds is 6. The SMILES string of the molecule is CCN(CC)c1ccc(C(=O)NN=C(C)c2ccc3c(c2)Nc2ccccc2S3)cc1. The van der Waals surface area contributed by atoms with Gasteiger partial charge in [0.25, 0.3) is 5.91 Å². The summed E-state index contributed by atoms with van der Waals surface area (Å²) in [4.78, 5) is 17.2. The van der Waals surface area contributed by atoms with Gasteiger partial charge in [0, 0.05) is 34.1 Å². The van der Waals surface area contributed by atoms with Gasteiger partial charge in [-0.2, -0.15) is 5.10 Å². The summed E-state index contributed by atoms with van der Waals surface area (Å²) in [6, 6.07) is 22.1. The number of hydrazone groups is 1. The quantitative estimate of drug-likeness (QED) is 0.296. The van der Waals surface area contributed by atoms with Gasteiger partial charge in [0.05, 0.1) is 17.1 Å². The number of carbonyl (C=O) groups is 1. The summed E-state index contributed by atoms with van der Waals surface area (Å²) in [5.74, 6) is -0.217. The summed E-state index contributed by atoms with van der Waals surface area (Å²) in [7, 11) is 0. The van der Waals surface area contributed by atoms with E-state index >= 15 is 0 Å². The fraction of sp³-hybridized carbons (Fsp3) is 0.200. The molecule has 0 atom stereocenters. The fourth-order valence-electron chi connectivity index (χ4n) is 3.54. The number of hydrogen-bond donors (Lipinski definition) is 2. The second-order valence-corrected chi connectivity index (χ2v) is 8.38. The Morgan fingerprint density at radius 2 is 1.61 bits per heavy atom.